The Bertz CT molecular complexity index is 520. The molecule has 0 aliphatic rings. The number of rotatable bonds is 6. The van der Waals surface area contributed by atoms with Gasteiger partial charge in [-0.3, -0.25) is 14.9 Å². The number of ether oxygens (including phenoxy) is 1. The van der Waals surface area contributed by atoms with Crippen molar-refractivity contribution in [3.05, 3.63) is 33.9 Å². The number of non-ortho nitro benzene ring substituents is 1. The summed E-state index contributed by atoms with van der Waals surface area (Å²) in [6.07, 6.45) is 6.36. The lowest BCUT2D eigenvalue weighted by Gasteiger charge is -2.08. The van der Waals surface area contributed by atoms with Gasteiger partial charge in [-0.15, -0.1) is 12.3 Å². The van der Waals surface area contributed by atoms with Crippen LogP contribution in [0.4, 0.5) is 5.69 Å². The van der Waals surface area contributed by atoms with Gasteiger partial charge in [0.25, 0.3) is 11.6 Å². The summed E-state index contributed by atoms with van der Waals surface area (Å²) in [5.41, 5.74) is 0.134. The number of nitrogens with zero attached hydrogens (tertiary/aromatic N) is 1. The molecule has 1 aromatic carbocycles. The zero-order chi connectivity index (χ0) is 14.3. The SMILES string of the molecule is C#CCCCNC(=O)c1ccc([N+](=O)[O-])cc1OC. The molecule has 0 bridgehead atoms. The summed E-state index contributed by atoms with van der Waals surface area (Å²) in [4.78, 5) is 21.9. The second-order valence-corrected chi connectivity index (χ2v) is 3.71. The van der Waals surface area contributed by atoms with Crippen molar-refractivity contribution in [3.63, 3.8) is 0 Å². The fourth-order valence-electron chi connectivity index (χ4n) is 1.47. The summed E-state index contributed by atoms with van der Waals surface area (Å²) in [5, 5.41) is 13.3. The van der Waals surface area contributed by atoms with Crippen LogP contribution in [0, 0.1) is 22.5 Å². The van der Waals surface area contributed by atoms with E-state index in [4.69, 9.17) is 11.2 Å². The minimum Gasteiger partial charge on any atom is -0.496 e. The quantitative estimate of drug-likeness (QED) is 0.366. The molecule has 0 atom stereocenters. The Hall–Kier alpha value is -2.55. The highest BCUT2D eigenvalue weighted by Crippen LogP contribution is 2.24. The van der Waals surface area contributed by atoms with E-state index in [1.165, 1.54) is 25.3 Å². The van der Waals surface area contributed by atoms with Crippen LogP contribution in [0.25, 0.3) is 0 Å². The number of methoxy groups -OCH3 is 1. The van der Waals surface area contributed by atoms with Crippen molar-refractivity contribution < 1.29 is 14.5 Å². The lowest BCUT2D eigenvalue weighted by molar-refractivity contribution is -0.384. The molecule has 0 radical (unpaired) electrons. The molecule has 0 heterocycles. The van der Waals surface area contributed by atoms with E-state index in [0.717, 1.165) is 0 Å². The monoisotopic (exact) mass is 262 g/mol. The van der Waals surface area contributed by atoms with Gasteiger partial charge in [-0.05, 0) is 12.5 Å². The van der Waals surface area contributed by atoms with Crippen LogP contribution in [0.5, 0.6) is 5.75 Å². The molecule has 0 saturated heterocycles. The molecule has 0 saturated carbocycles. The zero-order valence-electron chi connectivity index (χ0n) is 10.5. The molecule has 0 fully saturated rings. The van der Waals surface area contributed by atoms with Crippen LogP contribution < -0.4 is 10.1 Å². The van der Waals surface area contributed by atoms with Crippen molar-refractivity contribution in [2.24, 2.45) is 0 Å². The van der Waals surface area contributed by atoms with Crippen molar-refractivity contribution in [1.29, 1.82) is 0 Å². The molecule has 1 aromatic rings. The molecule has 0 aromatic heterocycles. The Morgan fingerprint density at radius 2 is 2.32 bits per heavy atom. The van der Waals surface area contributed by atoms with Crippen LogP contribution in [-0.4, -0.2) is 24.5 Å². The maximum atomic E-state index is 11.9. The topological polar surface area (TPSA) is 81.5 Å². The number of nitro groups is 1. The maximum Gasteiger partial charge on any atom is 0.273 e. The zero-order valence-corrected chi connectivity index (χ0v) is 10.5. The fourth-order valence-corrected chi connectivity index (χ4v) is 1.47. The maximum absolute atomic E-state index is 11.9. The van der Waals surface area contributed by atoms with Gasteiger partial charge in [-0.1, -0.05) is 0 Å². The third-order valence-corrected chi connectivity index (χ3v) is 2.42. The van der Waals surface area contributed by atoms with E-state index in [1.807, 2.05) is 0 Å². The molecule has 100 valence electrons. The van der Waals surface area contributed by atoms with Gasteiger partial charge >= 0.3 is 0 Å². The lowest BCUT2D eigenvalue weighted by Crippen LogP contribution is -2.24. The van der Waals surface area contributed by atoms with Crippen LogP contribution >= 0.6 is 0 Å². The second kappa shape index (κ2) is 7.01. The number of carbonyl (C=O) groups is 1. The number of carbonyl (C=O) groups excluding carboxylic acids is 1. The number of hydrogen-bond acceptors (Lipinski definition) is 4. The first kappa shape index (κ1) is 14.5. The minimum atomic E-state index is -0.545. The Morgan fingerprint density at radius 1 is 1.58 bits per heavy atom. The Labute approximate surface area is 110 Å². The lowest BCUT2D eigenvalue weighted by atomic mass is 10.1. The van der Waals surface area contributed by atoms with E-state index in [-0.39, 0.29) is 22.9 Å². The van der Waals surface area contributed by atoms with E-state index >= 15 is 0 Å². The highest BCUT2D eigenvalue weighted by atomic mass is 16.6. The second-order valence-electron chi connectivity index (χ2n) is 3.71. The van der Waals surface area contributed by atoms with Gasteiger partial charge < -0.3 is 10.1 Å². The summed E-state index contributed by atoms with van der Waals surface area (Å²) in [5.74, 6) is 2.30. The fraction of sp³-hybridized carbons (Fsp3) is 0.308. The van der Waals surface area contributed by atoms with Crippen molar-refractivity contribution >= 4 is 11.6 Å². The minimum absolute atomic E-state index is 0.124. The van der Waals surface area contributed by atoms with Crippen LogP contribution in [0.3, 0.4) is 0 Å². The first-order chi connectivity index (χ1) is 9.10. The Morgan fingerprint density at radius 3 is 2.89 bits per heavy atom. The smallest absolute Gasteiger partial charge is 0.273 e. The molecule has 0 unspecified atom stereocenters. The van der Waals surface area contributed by atoms with Gasteiger partial charge in [0.2, 0.25) is 0 Å². The average Bonchev–Trinajstić information content (AvgIpc) is 2.42. The number of unbranched alkanes of at least 4 members (excludes halogenated alkanes) is 1. The largest absolute Gasteiger partial charge is 0.496 e. The van der Waals surface area contributed by atoms with Crippen molar-refractivity contribution in [1.82, 2.24) is 5.32 Å². The van der Waals surface area contributed by atoms with Gasteiger partial charge in [0.15, 0.2) is 0 Å². The highest BCUT2D eigenvalue weighted by molar-refractivity contribution is 5.97. The van der Waals surface area contributed by atoms with Gasteiger partial charge in [0, 0.05) is 19.0 Å². The molecule has 1 rings (SSSR count). The number of benzene rings is 1. The summed E-state index contributed by atoms with van der Waals surface area (Å²) in [7, 11) is 1.36. The first-order valence-electron chi connectivity index (χ1n) is 5.64. The molecule has 6 heteroatoms. The van der Waals surface area contributed by atoms with Crippen LogP contribution in [-0.2, 0) is 0 Å². The standard InChI is InChI=1S/C13H14N2O4/c1-3-4-5-8-14-13(16)11-7-6-10(15(17)18)9-12(11)19-2/h1,6-7,9H,4-5,8H2,2H3,(H,14,16). The molecule has 0 aliphatic heterocycles. The van der Waals surface area contributed by atoms with Gasteiger partial charge in [0.1, 0.15) is 5.75 Å². The summed E-state index contributed by atoms with van der Waals surface area (Å²) < 4.78 is 4.99. The molecule has 0 aliphatic carbocycles. The van der Waals surface area contributed by atoms with Crippen molar-refractivity contribution in [3.8, 4) is 18.1 Å². The molecule has 6 nitrogen and oxygen atoms in total. The predicted molar refractivity (Wildman–Crippen MR) is 70.0 cm³/mol. The molecule has 1 amide bonds. The predicted octanol–water partition coefficient (Wildman–Crippen LogP) is 1.75. The Kier molecular flexibility index (Phi) is 5.35. The van der Waals surface area contributed by atoms with Crippen LogP contribution in [0.15, 0.2) is 18.2 Å². The number of hydrogen-bond donors (Lipinski definition) is 1. The summed E-state index contributed by atoms with van der Waals surface area (Å²) in [6, 6.07) is 3.85. The average molecular weight is 262 g/mol. The highest BCUT2D eigenvalue weighted by Gasteiger charge is 2.16. The van der Waals surface area contributed by atoms with Gasteiger partial charge in [-0.2, -0.15) is 0 Å². The van der Waals surface area contributed by atoms with E-state index < -0.39 is 4.92 Å². The molecular weight excluding hydrogens is 248 g/mol. The van der Waals surface area contributed by atoms with E-state index in [0.29, 0.717) is 19.4 Å². The van der Waals surface area contributed by atoms with Crippen LogP contribution in [0.1, 0.15) is 23.2 Å². The third-order valence-electron chi connectivity index (χ3n) is 2.42. The van der Waals surface area contributed by atoms with Crippen molar-refractivity contribution in [2.75, 3.05) is 13.7 Å². The van der Waals surface area contributed by atoms with E-state index in [1.54, 1.807) is 0 Å². The summed E-state index contributed by atoms with van der Waals surface area (Å²) in [6.45, 7) is 0.448. The van der Waals surface area contributed by atoms with Crippen molar-refractivity contribution in [2.45, 2.75) is 12.8 Å². The first-order valence-corrected chi connectivity index (χ1v) is 5.64. The van der Waals surface area contributed by atoms with E-state index in [2.05, 4.69) is 11.2 Å². The molecular formula is C13H14N2O4. The number of terminal acetylenes is 1. The summed E-state index contributed by atoms with van der Waals surface area (Å²) >= 11 is 0. The van der Waals surface area contributed by atoms with Crippen LogP contribution in [0.2, 0.25) is 0 Å². The Balaban J connectivity index is 2.79. The number of amides is 1. The molecule has 19 heavy (non-hydrogen) atoms. The van der Waals surface area contributed by atoms with Gasteiger partial charge in [0.05, 0.1) is 23.7 Å². The van der Waals surface area contributed by atoms with E-state index in [9.17, 15) is 14.9 Å². The molecule has 1 N–H and O–H groups in total. The molecule has 0 spiro atoms. The number of nitrogens with one attached hydrogen (secondary N) is 1. The number of nitro benzene ring substituents is 1. The third kappa shape index (κ3) is 4.00. The normalized spacial score (nSPS) is 9.47. The van der Waals surface area contributed by atoms with Gasteiger partial charge in [-0.25, -0.2) is 0 Å².